The van der Waals surface area contributed by atoms with Crippen molar-refractivity contribution in [2.45, 2.75) is 0 Å². The molecule has 6 heteroatoms. The van der Waals surface area contributed by atoms with Crippen LogP contribution in [0.4, 0.5) is 5.13 Å². The summed E-state index contributed by atoms with van der Waals surface area (Å²) in [6.45, 7) is 0. The number of hydrogen-bond acceptors (Lipinski definition) is 6. The maximum absolute atomic E-state index is 8.93. The molecule has 0 aromatic carbocycles. The van der Waals surface area contributed by atoms with E-state index < -0.39 is 0 Å². The van der Waals surface area contributed by atoms with Crippen molar-refractivity contribution >= 4 is 16.5 Å². The Morgan fingerprint density at radius 3 is 3.06 bits per heavy atom. The first kappa shape index (κ1) is 10.4. The highest BCUT2D eigenvalue weighted by Crippen LogP contribution is 2.29. The van der Waals surface area contributed by atoms with Crippen LogP contribution in [0.25, 0.3) is 11.4 Å². The zero-order valence-electron chi connectivity index (χ0n) is 8.47. The maximum atomic E-state index is 8.93. The molecule has 80 valence electrons. The van der Waals surface area contributed by atoms with Crippen LogP contribution in [0.3, 0.4) is 0 Å². The van der Waals surface area contributed by atoms with Crippen LogP contribution in [0.15, 0.2) is 18.3 Å². The topological polar surface area (TPSA) is 84.8 Å². The van der Waals surface area contributed by atoms with Crippen LogP contribution in [0.1, 0.15) is 4.88 Å². The molecule has 0 atom stereocenters. The van der Waals surface area contributed by atoms with Gasteiger partial charge in [-0.2, -0.15) is 5.26 Å². The third kappa shape index (κ3) is 1.81. The SMILES string of the molecule is COc1ccnc(-c2nc(N)sc2C#N)c1. The second kappa shape index (κ2) is 4.16. The molecular formula is C10H8N4OS. The fourth-order valence-corrected chi connectivity index (χ4v) is 1.89. The lowest BCUT2D eigenvalue weighted by Gasteiger charge is -2.00. The second-order valence-electron chi connectivity index (χ2n) is 2.92. The highest BCUT2D eigenvalue weighted by Gasteiger charge is 2.12. The van der Waals surface area contributed by atoms with Gasteiger partial charge in [0.1, 0.15) is 22.4 Å². The molecule has 0 aliphatic carbocycles. The standard InChI is InChI=1S/C10H8N4OS/c1-15-6-2-3-13-7(4-6)9-8(5-11)16-10(12)14-9/h2-4H,1H3,(H2,12,14). The lowest BCUT2D eigenvalue weighted by Crippen LogP contribution is -1.89. The minimum Gasteiger partial charge on any atom is -0.497 e. The molecule has 16 heavy (non-hydrogen) atoms. The summed E-state index contributed by atoms with van der Waals surface area (Å²) in [7, 11) is 1.57. The Balaban J connectivity index is 2.54. The monoisotopic (exact) mass is 232 g/mol. The number of nitrogen functional groups attached to an aromatic ring is 1. The average Bonchev–Trinajstić information content (AvgIpc) is 2.70. The van der Waals surface area contributed by atoms with E-state index in [1.165, 1.54) is 0 Å². The third-order valence-corrected chi connectivity index (χ3v) is 2.74. The van der Waals surface area contributed by atoms with Crippen LogP contribution < -0.4 is 10.5 Å². The minimum atomic E-state index is 0.358. The fourth-order valence-electron chi connectivity index (χ4n) is 1.25. The van der Waals surface area contributed by atoms with Crippen molar-refractivity contribution in [3.05, 3.63) is 23.2 Å². The molecule has 0 bridgehead atoms. The Labute approximate surface area is 96.1 Å². The second-order valence-corrected chi connectivity index (χ2v) is 3.95. The van der Waals surface area contributed by atoms with Crippen molar-refractivity contribution in [1.82, 2.24) is 9.97 Å². The molecule has 0 radical (unpaired) electrons. The van der Waals surface area contributed by atoms with E-state index in [2.05, 4.69) is 9.97 Å². The third-order valence-electron chi connectivity index (χ3n) is 1.95. The number of rotatable bonds is 2. The molecule has 2 aromatic heterocycles. The first-order valence-corrected chi connectivity index (χ1v) is 5.23. The van der Waals surface area contributed by atoms with Crippen LogP contribution in [0.2, 0.25) is 0 Å². The van der Waals surface area contributed by atoms with Crippen molar-refractivity contribution in [1.29, 1.82) is 5.26 Å². The minimum absolute atomic E-state index is 0.358. The molecule has 0 saturated heterocycles. The largest absolute Gasteiger partial charge is 0.497 e. The molecular weight excluding hydrogens is 224 g/mol. The normalized spacial score (nSPS) is 9.75. The van der Waals surface area contributed by atoms with Crippen molar-refractivity contribution in [3.63, 3.8) is 0 Å². The zero-order chi connectivity index (χ0) is 11.5. The van der Waals surface area contributed by atoms with Gasteiger partial charge < -0.3 is 10.5 Å². The van der Waals surface area contributed by atoms with E-state index in [1.54, 1.807) is 25.4 Å². The molecule has 2 rings (SSSR count). The van der Waals surface area contributed by atoms with Gasteiger partial charge in [0, 0.05) is 12.3 Å². The Morgan fingerprint density at radius 1 is 1.56 bits per heavy atom. The number of aromatic nitrogens is 2. The van der Waals surface area contributed by atoms with Gasteiger partial charge in [-0.05, 0) is 6.07 Å². The van der Waals surface area contributed by atoms with Crippen LogP contribution >= 0.6 is 11.3 Å². The number of pyridine rings is 1. The molecule has 0 saturated carbocycles. The summed E-state index contributed by atoms with van der Waals surface area (Å²) >= 11 is 1.15. The fraction of sp³-hybridized carbons (Fsp3) is 0.100. The number of nitrogens with zero attached hydrogens (tertiary/aromatic N) is 3. The van der Waals surface area contributed by atoms with Gasteiger partial charge in [0.2, 0.25) is 0 Å². The average molecular weight is 232 g/mol. The van der Waals surface area contributed by atoms with Crippen LogP contribution in [0.5, 0.6) is 5.75 Å². The van der Waals surface area contributed by atoms with E-state index in [0.717, 1.165) is 11.3 Å². The zero-order valence-corrected chi connectivity index (χ0v) is 9.28. The molecule has 0 aliphatic rings. The van der Waals surface area contributed by atoms with E-state index in [0.29, 0.717) is 27.1 Å². The summed E-state index contributed by atoms with van der Waals surface area (Å²) in [5.74, 6) is 0.667. The predicted octanol–water partition coefficient (Wildman–Crippen LogP) is 1.67. The van der Waals surface area contributed by atoms with Gasteiger partial charge in [-0.3, -0.25) is 4.98 Å². The summed E-state index contributed by atoms with van der Waals surface area (Å²) in [5, 5.41) is 9.28. The van der Waals surface area contributed by atoms with E-state index in [9.17, 15) is 0 Å². The van der Waals surface area contributed by atoms with Gasteiger partial charge in [-0.25, -0.2) is 4.98 Å². The number of ether oxygens (including phenoxy) is 1. The summed E-state index contributed by atoms with van der Waals surface area (Å²) in [6.07, 6.45) is 1.60. The van der Waals surface area contributed by atoms with Gasteiger partial charge in [-0.15, -0.1) is 0 Å². The van der Waals surface area contributed by atoms with Crippen LogP contribution in [-0.2, 0) is 0 Å². The highest BCUT2D eigenvalue weighted by molar-refractivity contribution is 7.16. The van der Waals surface area contributed by atoms with Gasteiger partial charge in [0.05, 0.1) is 12.8 Å². The number of anilines is 1. The summed E-state index contributed by atoms with van der Waals surface area (Å²) in [4.78, 5) is 8.68. The highest BCUT2D eigenvalue weighted by atomic mass is 32.1. The molecule has 2 aromatic rings. The van der Waals surface area contributed by atoms with Crippen molar-refractivity contribution in [2.75, 3.05) is 12.8 Å². The van der Waals surface area contributed by atoms with Gasteiger partial charge in [-0.1, -0.05) is 11.3 Å². The molecule has 2 heterocycles. The number of nitrogens with two attached hydrogens (primary N) is 1. The van der Waals surface area contributed by atoms with Crippen molar-refractivity contribution in [3.8, 4) is 23.2 Å². The molecule has 0 unspecified atom stereocenters. The molecule has 0 spiro atoms. The van der Waals surface area contributed by atoms with E-state index in [-0.39, 0.29) is 0 Å². The van der Waals surface area contributed by atoms with Gasteiger partial charge >= 0.3 is 0 Å². The van der Waals surface area contributed by atoms with Crippen LogP contribution in [-0.4, -0.2) is 17.1 Å². The quantitative estimate of drug-likeness (QED) is 0.851. The smallest absolute Gasteiger partial charge is 0.181 e. The first-order valence-electron chi connectivity index (χ1n) is 4.41. The van der Waals surface area contributed by atoms with Crippen LogP contribution in [0, 0.1) is 11.3 Å². The van der Waals surface area contributed by atoms with Gasteiger partial charge in [0.25, 0.3) is 0 Å². The Kier molecular flexibility index (Phi) is 2.70. The number of nitriles is 1. The van der Waals surface area contributed by atoms with Gasteiger partial charge in [0.15, 0.2) is 5.13 Å². The van der Waals surface area contributed by atoms with Crippen molar-refractivity contribution < 1.29 is 4.74 Å². The molecule has 2 N–H and O–H groups in total. The summed E-state index contributed by atoms with van der Waals surface area (Å²) in [5.41, 5.74) is 6.65. The molecule has 0 amide bonds. The molecule has 5 nitrogen and oxygen atoms in total. The Morgan fingerprint density at radius 2 is 2.38 bits per heavy atom. The Hall–Kier alpha value is -2.13. The number of methoxy groups -OCH3 is 1. The summed E-state index contributed by atoms with van der Waals surface area (Å²) < 4.78 is 5.08. The van der Waals surface area contributed by atoms with E-state index in [1.807, 2.05) is 6.07 Å². The maximum Gasteiger partial charge on any atom is 0.181 e. The van der Waals surface area contributed by atoms with E-state index >= 15 is 0 Å². The lowest BCUT2D eigenvalue weighted by atomic mass is 10.2. The first-order chi connectivity index (χ1) is 7.74. The predicted molar refractivity (Wildman–Crippen MR) is 61.0 cm³/mol. The lowest BCUT2D eigenvalue weighted by molar-refractivity contribution is 0.414. The van der Waals surface area contributed by atoms with Crippen molar-refractivity contribution in [2.24, 2.45) is 0 Å². The molecule has 0 aliphatic heterocycles. The molecule has 0 fully saturated rings. The van der Waals surface area contributed by atoms with E-state index in [4.69, 9.17) is 15.7 Å². The number of thiazole rings is 1. The number of hydrogen-bond donors (Lipinski definition) is 1. The Bertz CT molecular complexity index is 558. The summed E-state index contributed by atoms with van der Waals surface area (Å²) in [6, 6.07) is 5.49.